The van der Waals surface area contributed by atoms with Crippen molar-refractivity contribution in [2.24, 2.45) is 7.05 Å². The lowest BCUT2D eigenvalue weighted by molar-refractivity contribution is 0.192. The van der Waals surface area contributed by atoms with E-state index >= 15 is 0 Å². The third-order valence-electron chi connectivity index (χ3n) is 5.47. The van der Waals surface area contributed by atoms with Crippen LogP contribution in [0.25, 0.3) is 16.8 Å². The van der Waals surface area contributed by atoms with E-state index in [0.29, 0.717) is 49.0 Å². The topological polar surface area (TPSA) is 95.7 Å². The molecule has 0 spiro atoms. The first kappa shape index (κ1) is 23.0. The molecule has 0 unspecified atom stereocenters. The van der Waals surface area contributed by atoms with Gasteiger partial charge in [0.15, 0.2) is 9.84 Å². The molecule has 1 fully saturated rings. The van der Waals surface area contributed by atoms with E-state index in [-0.39, 0.29) is 17.1 Å². The van der Waals surface area contributed by atoms with Crippen molar-refractivity contribution in [3.8, 4) is 28.3 Å². The Hall–Kier alpha value is -3.18. The van der Waals surface area contributed by atoms with Crippen LogP contribution < -0.4 is 15.0 Å². The summed E-state index contributed by atoms with van der Waals surface area (Å²) in [6, 6.07) is 7.95. The molecule has 0 amide bonds. The zero-order valence-electron chi connectivity index (χ0n) is 18.2. The molecule has 0 N–H and O–H groups in total. The summed E-state index contributed by atoms with van der Waals surface area (Å²) in [5, 5.41) is 4.21. The average molecular weight is 477 g/mol. The summed E-state index contributed by atoms with van der Waals surface area (Å²) in [7, 11) is -1.14. The SMILES string of the molecule is Cn1cc(-c2cn(-c3ccc(OCF)cc3)c(=O)cc2OCCN2CCS(=O)(=O)CC2)cn1. The molecule has 0 aliphatic carbocycles. The number of ether oxygens (including phenoxy) is 2. The molecule has 1 saturated heterocycles. The highest BCUT2D eigenvalue weighted by Crippen LogP contribution is 2.29. The van der Waals surface area contributed by atoms with E-state index in [1.807, 2.05) is 11.1 Å². The first-order valence-corrected chi connectivity index (χ1v) is 12.3. The number of alkyl halides is 1. The Bertz CT molecular complexity index is 1260. The quantitative estimate of drug-likeness (QED) is 0.488. The van der Waals surface area contributed by atoms with Gasteiger partial charge < -0.3 is 9.47 Å². The minimum absolute atomic E-state index is 0.152. The third kappa shape index (κ3) is 5.60. The highest BCUT2D eigenvalue weighted by molar-refractivity contribution is 7.91. The summed E-state index contributed by atoms with van der Waals surface area (Å²) in [4.78, 5) is 14.9. The van der Waals surface area contributed by atoms with Gasteiger partial charge in [0.1, 0.15) is 18.1 Å². The molecule has 3 heterocycles. The number of aromatic nitrogens is 3. The van der Waals surface area contributed by atoms with E-state index in [4.69, 9.17) is 9.47 Å². The van der Waals surface area contributed by atoms with Crippen LogP contribution in [0.2, 0.25) is 0 Å². The van der Waals surface area contributed by atoms with Gasteiger partial charge in [0.05, 0.1) is 17.7 Å². The fraction of sp³-hybridized carbons (Fsp3) is 0.364. The van der Waals surface area contributed by atoms with Gasteiger partial charge in [-0.2, -0.15) is 5.10 Å². The zero-order valence-corrected chi connectivity index (χ0v) is 19.0. The fourth-order valence-electron chi connectivity index (χ4n) is 3.64. The number of hydrogen-bond acceptors (Lipinski definition) is 7. The second-order valence-corrected chi connectivity index (χ2v) is 10.1. The zero-order chi connectivity index (χ0) is 23.4. The van der Waals surface area contributed by atoms with Crippen LogP contribution in [0.3, 0.4) is 0 Å². The molecule has 9 nitrogen and oxygen atoms in total. The van der Waals surface area contributed by atoms with Crippen molar-refractivity contribution >= 4 is 9.84 Å². The maximum atomic E-state index is 12.9. The van der Waals surface area contributed by atoms with Gasteiger partial charge in [-0.1, -0.05) is 0 Å². The van der Waals surface area contributed by atoms with Gasteiger partial charge in [-0.25, -0.2) is 12.8 Å². The van der Waals surface area contributed by atoms with Crippen LogP contribution in [-0.2, 0) is 16.9 Å². The van der Waals surface area contributed by atoms with Gasteiger partial charge >= 0.3 is 0 Å². The average Bonchev–Trinajstić information content (AvgIpc) is 3.22. The predicted octanol–water partition coefficient (Wildman–Crippen LogP) is 1.65. The first-order valence-electron chi connectivity index (χ1n) is 10.5. The van der Waals surface area contributed by atoms with Gasteiger partial charge in [-0.3, -0.25) is 18.9 Å². The van der Waals surface area contributed by atoms with Gasteiger partial charge in [-0.05, 0) is 24.3 Å². The van der Waals surface area contributed by atoms with Gasteiger partial charge in [-0.15, -0.1) is 0 Å². The standard InChI is InChI=1S/C22H25FN4O5S/c1-25-14-17(13-24-25)20-15-27(18-2-4-19(5-3-18)32-16-23)22(28)12-21(20)31-9-6-26-7-10-33(29,30)11-8-26/h2-5,12-15H,6-11,16H2,1H3. The summed E-state index contributed by atoms with van der Waals surface area (Å²) in [5.41, 5.74) is 1.77. The minimum Gasteiger partial charge on any atom is -0.491 e. The van der Waals surface area contributed by atoms with E-state index < -0.39 is 16.7 Å². The van der Waals surface area contributed by atoms with E-state index in [9.17, 15) is 17.6 Å². The second kappa shape index (κ2) is 9.75. The highest BCUT2D eigenvalue weighted by Gasteiger charge is 2.21. The van der Waals surface area contributed by atoms with Crippen molar-refractivity contribution in [3.63, 3.8) is 0 Å². The number of rotatable bonds is 8. The summed E-state index contributed by atoms with van der Waals surface area (Å²) >= 11 is 0. The molecule has 33 heavy (non-hydrogen) atoms. The van der Waals surface area contributed by atoms with Crippen LogP contribution in [0.1, 0.15) is 0 Å². The Labute approximate surface area is 190 Å². The largest absolute Gasteiger partial charge is 0.491 e. The van der Waals surface area contributed by atoms with Crippen LogP contribution in [0.5, 0.6) is 11.5 Å². The van der Waals surface area contributed by atoms with Crippen molar-refractivity contribution in [3.05, 3.63) is 59.3 Å². The van der Waals surface area contributed by atoms with Crippen molar-refractivity contribution in [2.75, 3.05) is 44.6 Å². The molecule has 0 atom stereocenters. The van der Waals surface area contributed by atoms with Crippen LogP contribution in [0, 0.1) is 0 Å². The monoisotopic (exact) mass is 476 g/mol. The Morgan fingerprint density at radius 1 is 1.09 bits per heavy atom. The number of halogens is 1. The molecule has 1 aromatic carbocycles. The molecule has 0 bridgehead atoms. The summed E-state index contributed by atoms with van der Waals surface area (Å²) in [6.45, 7) is 0.895. The van der Waals surface area contributed by atoms with Crippen LogP contribution >= 0.6 is 0 Å². The number of hydrogen-bond donors (Lipinski definition) is 0. The number of benzene rings is 1. The van der Waals surface area contributed by atoms with Gasteiger partial charge in [0.25, 0.3) is 5.56 Å². The lowest BCUT2D eigenvalue weighted by atomic mass is 10.1. The summed E-state index contributed by atoms with van der Waals surface area (Å²) < 4.78 is 49.5. The molecule has 4 rings (SSSR count). The second-order valence-electron chi connectivity index (χ2n) is 7.75. The van der Waals surface area contributed by atoms with Crippen molar-refractivity contribution < 1.29 is 22.3 Å². The fourth-order valence-corrected chi connectivity index (χ4v) is 4.92. The Morgan fingerprint density at radius 2 is 1.82 bits per heavy atom. The molecule has 176 valence electrons. The maximum absolute atomic E-state index is 12.9. The Morgan fingerprint density at radius 3 is 2.45 bits per heavy atom. The lowest BCUT2D eigenvalue weighted by Gasteiger charge is -2.26. The van der Waals surface area contributed by atoms with Gasteiger partial charge in [0.2, 0.25) is 6.86 Å². The first-order chi connectivity index (χ1) is 15.8. The smallest absolute Gasteiger partial charge is 0.258 e. The molecule has 0 saturated carbocycles. The third-order valence-corrected chi connectivity index (χ3v) is 7.08. The normalized spacial score (nSPS) is 15.9. The minimum atomic E-state index is -2.94. The highest BCUT2D eigenvalue weighted by atomic mass is 32.2. The summed E-state index contributed by atoms with van der Waals surface area (Å²) in [5.74, 6) is 1.09. The van der Waals surface area contributed by atoms with Crippen LogP contribution in [0.15, 0.2) is 53.7 Å². The predicted molar refractivity (Wildman–Crippen MR) is 121 cm³/mol. The van der Waals surface area contributed by atoms with Crippen molar-refractivity contribution in [2.45, 2.75) is 0 Å². The molecular weight excluding hydrogens is 451 g/mol. The molecular formula is C22H25FN4O5S. The van der Waals surface area contributed by atoms with Crippen LogP contribution in [0.4, 0.5) is 4.39 Å². The van der Waals surface area contributed by atoms with Crippen molar-refractivity contribution in [1.82, 2.24) is 19.2 Å². The Balaban J connectivity index is 1.57. The van der Waals surface area contributed by atoms with Gasteiger partial charge in [0, 0.05) is 62.0 Å². The van der Waals surface area contributed by atoms with E-state index in [2.05, 4.69) is 5.10 Å². The number of sulfone groups is 1. The lowest BCUT2D eigenvalue weighted by Crippen LogP contribution is -2.42. The molecule has 1 aliphatic heterocycles. The molecule has 2 aromatic heterocycles. The summed E-state index contributed by atoms with van der Waals surface area (Å²) in [6.07, 6.45) is 5.20. The number of aryl methyl sites for hydroxylation is 1. The Kier molecular flexibility index (Phi) is 6.80. The van der Waals surface area contributed by atoms with E-state index in [1.54, 1.807) is 48.4 Å². The van der Waals surface area contributed by atoms with Crippen LogP contribution in [-0.4, -0.2) is 72.3 Å². The number of pyridine rings is 1. The van der Waals surface area contributed by atoms with E-state index in [0.717, 1.165) is 5.56 Å². The van der Waals surface area contributed by atoms with E-state index in [1.165, 1.54) is 10.6 Å². The molecule has 0 radical (unpaired) electrons. The molecule has 11 heteroatoms. The molecule has 1 aliphatic rings. The molecule has 3 aromatic rings. The number of nitrogens with zero attached hydrogens (tertiary/aromatic N) is 4. The maximum Gasteiger partial charge on any atom is 0.258 e. The van der Waals surface area contributed by atoms with Crippen molar-refractivity contribution in [1.29, 1.82) is 0 Å².